The van der Waals surface area contributed by atoms with Gasteiger partial charge < -0.3 is 0 Å². The smallest absolute Gasteiger partial charge is 0.203 e. The molecule has 0 bridgehead atoms. The third-order valence-corrected chi connectivity index (χ3v) is 0.887. The van der Waals surface area contributed by atoms with Crippen molar-refractivity contribution in [2.75, 3.05) is 0 Å². The van der Waals surface area contributed by atoms with Gasteiger partial charge in [-0.25, -0.2) is 0 Å². The summed E-state index contributed by atoms with van der Waals surface area (Å²) in [7, 11) is 0. The van der Waals surface area contributed by atoms with E-state index in [9.17, 15) is 4.79 Å². The minimum absolute atomic E-state index is 0.0625. The highest BCUT2D eigenvalue weighted by atomic mass is 16.1. The minimum Gasteiger partial charge on any atom is -0.297 e. The first-order valence-corrected chi connectivity index (χ1v) is 2.28. The molecule has 0 saturated carbocycles. The average Bonchev–Trinajstić information content (AvgIpc) is 1.77. The molecule has 2 nitrogen and oxygen atoms in total. The van der Waals surface area contributed by atoms with Crippen molar-refractivity contribution in [1.29, 1.82) is 5.41 Å². The van der Waals surface area contributed by atoms with Crippen molar-refractivity contribution in [3.05, 3.63) is 24.3 Å². The Bertz CT molecular complexity index is 167. The summed E-state index contributed by atoms with van der Waals surface area (Å²) >= 11 is 0. The van der Waals surface area contributed by atoms with Crippen LogP contribution in [0.2, 0.25) is 0 Å². The first-order chi connectivity index (χ1) is 3.80. The molecule has 0 aliphatic heterocycles. The fourth-order valence-corrected chi connectivity index (χ4v) is 0.467. The zero-order chi connectivity index (χ0) is 5.98. The van der Waals surface area contributed by atoms with Crippen molar-refractivity contribution >= 4 is 11.5 Å². The number of hydrogen-bond acceptors (Lipinski definition) is 2. The molecule has 40 valence electrons. The Morgan fingerprint density at radius 1 is 1.25 bits per heavy atom. The van der Waals surface area contributed by atoms with Gasteiger partial charge in [0.05, 0.1) is 0 Å². The first kappa shape index (κ1) is 4.97. The zero-order valence-corrected chi connectivity index (χ0v) is 4.22. The van der Waals surface area contributed by atoms with Crippen LogP contribution >= 0.6 is 0 Å². The third kappa shape index (κ3) is 0.729. The van der Waals surface area contributed by atoms with Gasteiger partial charge in [0.25, 0.3) is 0 Å². The summed E-state index contributed by atoms with van der Waals surface area (Å²) in [6, 6.07) is 0. The van der Waals surface area contributed by atoms with Gasteiger partial charge in [-0.3, -0.25) is 10.2 Å². The lowest BCUT2D eigenvalue weighted by atomic mass is 10.1. The van der Waals surface area contributed by atoms with Gasteiger partial charge in [-0.1, -0.05) is 12.2 Å². The van der Waals surface area contributed by atoms with E-state index in [-0.39, 0.29) is 11.5 Å². The quantitative estimate of drug-likeness (QED) is 0.455. The molecule has 0 amide bonds. The third-order valence-electron chi connectivity index (χ3n) is 0.887. The lowest BCUT2D eigenvalue weighted by Crippen LogP contribution is -2.07. The second-order valence-electron chi connectivity index (χ2n) is 1.50. The number of rotatable bonds is 0. The van der Waals surface area contributed by atoms with Gasteiger partial charge in [0.15, 0.2) is 0 Å². The molecule has 0 saturated heterocycles. The van der Waals surface area contributed by atoms with E-state index < -0.39 is 0 Å². The summed E-state index contributed by atoms with van der Waals surface area (Å²) in [4.78, 5) is 10.4. The molecule has 1 N–H and O–H groups in total. The van der Waals surface area contributed by atoms with Gasteiger partial charge >= 0.3 is 0 Å². The fourth-order valence-electron chi connectivity index (χ4n) is 0.467. The molecule has 0 spiro atoms. The van der Waals surface area contributed by atoms with E-state index in [4.69, 9.17) is 5.41 Å². The van der Waals surface area contributed by atoms with Crippen molar-refractivity contribution in [2.24, 2.45) is 0 Å². The van der Waals surface area contributed by atoms with Gasteiger partial charge in [0.1, 0.15) is 5.71 Å². The summed E-state index contributed by atoms with van der Waals surface area (Å²) in [6.07, 6.45) is 6.15. The van der Waals surface area contributed by atoms with Crippen molar-refractivity contribution < 1.29 is 4.79 Å². The van der Waals surface area contributed by atoms with Crippen LogP contribution in [0.3, 0.4) is 0 Å². The Kier molecular flexibility index (Phi) is 1.08. The van der Waals surface area contributed by atoms with E-state index in [1.165, 1.54) is 12.2 Å². The predicted molar refractivity (Wildman–Crippen MR) is 31.0 cm³/mol. The van der Waals surface area contributed by atoms with E-state index in [1.54, 1.807) is 12.2 Å². The summed E-state index contributed by atoms with van der Waals surface area (Å²) < 4.78 is 0. The van der Waals surface area contributed by atoms with Gasteiger partial charge in [0, 0.05) is 0 Å². The fraction of sp³-hybridized carbons (Fsp3) is 0. The Labute approximate surface area is 47.0 Å². The first-order valence-electron chi connectivity index (χ1n) is 2.28. The molecule has 1 aliphatic carbocycles. The normalized spacial score (nSPS) is 17.5. The van der Waals surface area contributed by atoms with Gasteiger partial charge in [-0.15, -0.1) is 0 Å². The van der Waals surface area contributed by atoms with Crippen LogP contribution < -0.4 is 0 Å². The monoisotopic (exact) mass is 107 g/mol. The maximum atomic E-state index is 10.4. The summed E-state index contributed by atoms with van der Waals surface area (Å²) in [5.74, 6) is -0.215. The molecule has 0 aromatic rings. The van der Waals surface area contributed by atoms with Crippen molar-refractivity contribution in [1.82, 2.24) is 0 Å². The Hall–Kier alpha value is -1.18. The Balaban J connectivity index is 2.89. The average molecular weight is 107 g/mol. The van der Waals surface area contributed by atoms with Gasteiger partial charge in [-0.2, -0.15) is 0 Å². The number of hydrogen-bond donors (Lipinski definition) is 1. The van der Waals surface area contributed by atoms with E-state index in [0.29, 0.717) is 0 Å². The number of allylic oxidation sites excluding steroid dienone is 4. The Morgan fingerprint density at radius 3 is 2.25 bits per heavy atom. The molecule has 1 rings (SSSR count). The number of carbonyl (C=O) groups excluding carboxylic acids is 1. The number of nitrogens with one attached hydrogen (secondary N) is 1. The molecule has 0 radical (unpaired) electrons. The lowest BCUT2D eigenvalue weighted by Gasteiger charge is -1.92. The van der Waals surface area contributed by atoms with Crippen LogP contribution in [0, 0.1) is 5.41 Å². The molecule has 0 unspecified atom stereocenters. The number of carbonyl (C=O) groups is 1. The highest BCUT2D eigenvalue weighted by Crippen LogP contribution is 1.91. The maximum Gasteiger partial charge on any atom is 0.203 e. The topological polar surface area (TPSA) is 40.9 Å². The van der Waals surface area contributed by atoms with Gasteiger partial charge in [0.2, 0.25) is 5.78 Å². The molecule has 0 atom stereocenters. The highest BCUT2D eigenvalue weighted by Gasteiger charge is 2.01. The van der Waals surface area contributed by atoms with E-state index in [2.05, 4.69) is 0 Å². The molecule has 8 heavy (non-hydrogen) atoms. The number of ketones is 1. The van der Waals surface area contributed by atoms with Crippen LogP contribution in [-0.4, -0.2) is 11.5 Å². The second kappa shape index (κ2) is 1.74. The highest BCUT2D eigenvalue weighted by molar-refractivity contribution is 6.47. The molecule has 1 aliphatic rings. The molecule has 2 heteroatoms. The SMILES string of the molecule is N=C1C=CC=CC1=O. The van der Waals surface area contributed by atoms with E-state index in [1.807, 2.05) is 0 Å². The summed E-state index contributed by atoms with van der Waals surface area (Å²) in [6.45, 7) is 0. The summed E-state index contributed by atoms with van der Waals surface area (Å²) in [5, 5.41) is 6.91. The van der Waals surface area contributed by atoms with Crippen molar-refractivity contribution in [2.45, 2.75) is 0 Å². The summed E-state index contributed by atoms with van der Waals surface area (Å²) in [5.41, 5.74) is 0.0625. The largest absolute Gasteiger partial charge is 0.297 e. The van der Waals surface area contributed by atoms with Crippen LogP contribution in [0.25, 0.3) is 0 Å². The second-order valence-corrected chi connectivity index (χ2v) is 1.50. The van der Waals surface area contributed by atoms with Crippen LogP contribution in [0.15, 0.2) is 24.3 Å². The zero-order valence-electron chi connectivity index (χ0n) is 4.22. The van der Waals surface area contributed by atoms with Gasteiger partial charge in [-0.05, 0) is 12.2 Å². The maximum absolute atomic E-state index is 10.4. The van der Waals surface area contributed by atoms with Crippen LogP contribution in [-0.2, 0) is 4.79 Å². The molecular formula is C6H5NO. The predicted octanol–water partition coefficient (Wildman–Crippen LogP) is 0.701. The van der Waals surface area contributed by atoms with E-state index in [0.717, 1.165) is 0 Å². The van der Waals surface area contributed by atoms with Crippen LogP contribution in [0.5, 0.6) is 0 Å². The standard InChI is InChI=1S/C6H5NO/c7-5-3-1-2-4-6(5)8/h1-4,7H. The van der Waals surface area contributed by atoms with Crippen LogP contribution in [0.1, 0.15) is 0 Å². The van der Waals surface area contributed by atoms with E-state index >= 15 is 0 Å². The molecule has 0 aromatic carbocycles. The molecule has 0 fully saturated rings. The van der Waals surface area contributed by atoms with Crippen LogP contribution in [0.4, 0.5) is 0 Å². The molecular weight excluding hydrogens is 102 g/mol. The lowest BCUT2D eigenvalue weighted by molar-refractivity contribution is -0.108. The molecule has 0 aromatic heterocycles. The Morgan fingerprint density at radius 2 is 1.88 bits per heavy atom. The van der Waals surface area contributed by atoms with Crippen molar-refractivity contribution in [3.63, 3.8) is 0 Å². The molecule has 0 heterocycles. The minimum atomic E-state index is -0.215. The van der Waals surface area contributed by atoms with Crippen molar-refractivity contribution in [3.8, 4) is 0 Å².